The highest BCUT2D eigenvalue weighted by Crippen LogP contribution is 2.34. The molecule has 0 saturated heterocycles. The summed E-state index contributed by atoms with van der Waals surface area (Å²) in [7, 11) is 0. The Morgan fingerprint density at radius 2 is 1.64 bits per heavy atom. The normalized spacial score (nSPS) is 11.9. The van der Waals surface area contributed by atoms with Crippen molar-refractivity contribution in [2.24, 2.45) is 0 Å². The van der Waals surface area contributed by atoms with Crippen molar-refractivity contribution < 1.29 is 4.74 Å². The van der Waals surface area contributed by atoms with Crippen molar-refractivity contribution in [3.8, 4) is 5.75 Å². The molecule has 3 aromatic rings. The Labute approximate surface area is 147 Å². The largest absolute Gasteiger partial charge is 0.494 e. The zero-order valence-corrected chi connectivity index (χ0v) is 14.2. The molecule has 1 atom stereocenters. The Balaban J connectivity index is 2.02. The second-order valence-corrected chi connectivity index (χ2v) is 5.83. The van der Waals surface area contributed by atoms with E-state index in [9.17, 15) is 0 Å². The van der Waals surface area contributed by atoms with Crippen molar-refractivity contribution in [2.45, 2.75) is 19.3 Å². The Morgan fingerprint density at radius 3 is 2.28 bits per heavy atom. The van der Waals surface area contributed by atoms with Crippen LogP contribution in [-0.4, -0.2) is 16.6 Å². The van der Waals surface area contributed by atoms with Crippen LogP contribution in [0.15, 0.2) is 60.8 Å². The lowest BCUT2D eigenvalue weighted by Crippen LogP contribution is -2.10. The molecule has 128 valence electrons. The summed E-state index contributed by atoms with van der Waals surface area (Å²) in [6.45, 7) is 2.80. The molecule has 0 amide bonds. The summed E-state index contributed by atoms with van der Waals surface area (Å²) in [5.74, 6) is 1.37. The van der Waals surface area contributed by atoms with Gasteiger partial charge < -0.3 is 16.2 Å². The molecular weight excluding hydrogens is 312 g/mol. The Hall–Kier alpha value is -3.08. The predicted octanol–water partition coefficient (Wildman–Crippen LogP) is 3.61. The van der Waals surface area contributed by atoms with Crippen molar-refractivity contribution in [2.75, 3.05) is 18.1 Å². The van der Waals surface area contributed by atoms with E-state index in [-0.39, 0.29) is 11.9 Å². The van der Waals surface area contributed by atoms with Gasteiger partial charge in [0.2, 0.25) is 5.95 Å². The van der Waals surface area contributed by atoms with Crippen molar-refractivity contribution in [3.63, 3.8) is 0 Å². The Morgan fingerprint density at radius 1 is 0.960 bits per heavy atom. The van der Waals surface area contributed by atoms with Crippen LogP contribution in [0.3, 0.4) is 0 Å². The molecule has 5 nitrogen and oxygen atoms in total. The molecule has 0 spiro atoms. The van der Waals surface area contributed by atoms with Crippen molar-refractivity contribution in [3.05, 3.63) is 77.5 Å². The Kier molecular flexibility index (Phi) is 5.14. The number of ether oxygens (including phenoxy) is 1. The number of nitrogens with zero attached hydrogens (tertiary/aromatic N) is 2. The average molecular weight is 334 g/mol. The average Bonchev–Trinajstić information content (AvgIpc) is 2.64. The molecule has 25 heavy (non-hydrogen) atoms. The molecule has 3 rings (SSSR count). The monoisotopic (exact) mass is 334 g/mol. The zero-order chi connectivity index (χ0) is 17.6. The summed E-state index contributed by atoms with van der Waals surface area (Å²) in [5.41, 5.74) is 14.8. The van der Waals surface area contributed by atoms with E-state index in [0.29, 0.717) is 12.4 Å². The molecule has 0 radical (unpaired) electrons. The first-order chi connectivity index (χ1) is 12.2. The summed E-state index contributed by atoms with van der Waals surface area (Å²) >= 11 is 0. The van der Waals surface area contributed by atoms with Gasteiger partial charge in [0.1, 0.15) is 11.6 Å². The van der Waals surface area contributed by atoms with Crippen LogP contribution in [0.4, 0.5) is 11.8 Å². The van der Waals surface area contributed by atoms with Crippen LogP contribution in [0.25, 0.3) is 0 Å². The molecule has 4 N–H and O–H groups in total. The molecule has 0 saturated carbocycles. The number of nitrogens with two attached hydrogens (primary N) is 2. The molecule has 5 heteroatoms. The minimum atomic E-state index is -0.0676. The van der Waals surface area contributed by atoms with Crippen LogP contribution in [0, 0.1) is 0 Å². The third-order valence-corrected chi connectivity index (χ3v) is 4.00. The molecular formula is C20H22N4O. The van der Waals surface area contributed by atoms with Crippen LogP contribution in [0.2, 0.25) is 0 Å². The molecule has 0 bridgehead atoms. The predicted molar refractivity (Wildman–Crippen MR) is 100 cm³/mol. The summed E-state index contributed by atoms with van der Waals surface area (Å²) < 4.78 is 5.67. The van der Waals surface area contributed by atoms with Gasteiger partial charge >= 0.3 is 0 Å². The van der Waals surface area contributed by atoms with Gasteiger partial charge in [-0.1, -0.05) is 49.4 Å². The molecule has 0 fully saturated rings. The Bertz CT molecular complexity index is 819. The third-order valence-electron chi connectivity index (χ3n) is 4.00. The number of hydrogen-bond donors (Lipinski definition) is 2. The van der Waals surface area contributed by atoms with Crippen LogP contribution >= 0.6 is 0 Å². The lowest BCUT2D eigenvalue weighted by atomic mass is 9.86. The highest BCUT2D eigenvalue weighted by molar-refractivity contribution is 5.53. The molecule has 0 aliphatic heterocycles. The lowest BCUT2D eigenvalue weighted by molar-refractivity contribution is 0.317. The highest BCUT2D eigenvalue weighted by Gasteiger charge is 2.20. The van der Waals surface area contributed by atoms with E-state index in [0.717, 1.165) is 28.9 Å². The van der Waals surface area contributed by atoms with Gasteiger partial charge in [-0.05, 0) is 29.7 Å². The van der Waals surface area contributed by atoms with E-state index >= 15 is 0 Å². The summed E-state index contributed by atoms with van der Waals surface area (Å²) in [5, 5.41) is 0. The van der Waals surface area contributed by atoms with Gasteiger partial charge in [-0.15, -0.1) is 0 Å². The van der Waals surface area contributed by atoms with E-state index in [2.05, 4.69) is 41.2 Å². The molecule has 1 heterocycles. The number of benzene rings is 2. The van der Waals surface area contributed by atoms with Gasteiger partial charge in [0.15, 0.2) is 0 Å². The SMILES string of the molecule is CCCOc1ccc(C(c2ccccc2)c2cnc(N)nc2N)cc1. The zero-order valence-electron chi connectivity index (χ0n) is 14.2. The molecule has 1 unspecified atom stereocenters. The molecule has 2 aromatic carbocycles. The van der Waals surface area contributed by atoms with E-state index in [4.69, 9.17) is 16.2 Å². The standard InChI is InChI=1S/C20H22N4O/c1-2-12-25-16-10-8-15(9-11-16)18(14-6-4-3-5-7-14)17-13-23-20(22)24-19(17)21/h3-11,13,18H,2,12H2,1H3,(H4,21,22,23,24). The number of aromatic nitrogens is 2. The highest BCUT2D eigenvalue weighted by atomic mass is 16.5. The number of hydrogen-bond acceptors (Lipinski definition) is 5. The van der Waals surface area contributed by atoms with Crippen molar-refractivity contribution in [1.82, 2.24) is 9.97 Å². The second kappa shape index (κ2) is 7.66. The fourth-order valence-electron chi connectivity index (χ4n) is 2.81. The maximum Gasteiger partial charge on any atom is 0.221 e. The molecule has 0 aliphatic carbocycles. The van der Waals surface area contributed by atoms with E-state index in [1.54, 1.807) is 6.20 Å². The second-order valence-electron chi connectivity index (χ2n) is 5.83. The minimum Gasteiger partial charge on any atom is -0.494 e. The minimum absolute atomic E-state index is 0.0676. The van der Waals surface area contributed by atoms with Crippen molar-refractivity contribution >= 4 is 11.8 Å². The first-order valence-corrected chi connectivity index (χ1v) is 8.34. The van der Waals surface area contributed by atoms with Gasteiger partial charge in [-0.2, -0.15) is 4.98 Å². The van der Waals surface area contributed by atoms with E-state index < -0.39 is 0 Å². The van der Waals surface area contributed by atoms with Crippen LogP contribution in [0.1, 0.15) is 36.0 Å². The fourth-order valence-corrected chi connectivity index (χ4v) is 2.81. The topological polar surface area (TPSA) is 87.0 Å². The molecule has 0 aliphatic rings. The van der Waals surface area contributed by atoms with E-state index in [1.807, 2.05) is 30.3 Å². The maximum absolute atomic E-state index is 6.14. The smallest absolute Gasteiger partial charge is 0.221 e. The van der Waals surface area contributed by atoms with Crippen LogP contribution in [-0.2, 0) is 0 Å². The van der Waals surface area contributed by atoms with Gasteiger partial charge in [0, 0.05) is 17.7 Å². The van der Waals surface area contributed by atoms with Gasteiger partial charge in [-0.25, -0.2) is 4.98 Å². The maximum atomic E-state index is 6.14. The summed E-state index contributed by atoms with van der Waals surface area (Å²) in [4.78, 5) is 8.26. The van der Waals surface area contributed by atoms with Gasteiger partial charge in [0.25, 0.3) is 0 Å². The quantitative estimate of drug-likeness (QED) is 0.719. The third kappa shape index (κ3) is 3.88. The number of nitrogen functional groups attached to an aromatic ring is 2. The van der Waals surface area contributed by atoms with Crippen LogP contribution < -0.4 is 16.2 Å². The summed E-state index contributed by atoms with van der Waals surface area (Å²) in [6, 6.07) is 18.2. The lowest BCUT2D eigenvalue weighted by Gasteiger charge is -2.20. The van der Waals surface area contributed by atoms with E-state index in [1.165, 1.54) is 0 Å². The first kappa shape index (κ1) is 16.8. The molecule has 1 aromatic heterocycles. The van der Waals surface area contributed by atoms with Gasteiger partial charge in [0.05, 0.1) is 6.61 Å². The van der Waals surface area contributed by atoms with Gasteiger partial charge in [-0.3, -0.25) is 0 Å². The number of anilines is 2. The number of rotatable bonds is 6. The fraction of sp³-hybridized carbons (Fsp3) is 0.200. The summed E-state index contributed by atoms with van der Waals surface area (Å²) in [6.07, 6.45) is 2.69. The first-order valence-electron chi connectivity index (χ1n) is 8.34. The van der Waals surface area contributed by atoms with Crippen molar-refractivity contribution in [1.29, 1.82) is 0 Å². The van der Waals surface area contributed by atoms with Crippen LogP contribution in [0.5, 0.6) is 5.75 Å².